The van der Waals surface area contributed by atoms with Gasteiger partial charge in [-0.25, -0.2) is 4.98 Å². The lowest BCUT2D eigenvalue weighted by molar-refractivity contribution is 0.536. The number of aromatic nitrogens is 1. The van der Waals surface area contributed by atoms with Gasteiger partial charge in [0.15, 0.2) is 0 Å². The van der Waals surface area contributed by atoms with Crippen molar-refractivity contribution in [2.45, 2.75) is 39.5 Å². The zero-order valence-electron chi connectivity index (χ0n) is 12.2. The van der Waals surface area contributed by atoms with E-state index in [2.05, 4.69) is 52.0 Å². The molecule has 2 rings (SSSR count). The van der Waals surface area contributed by atoms with Gasteiger partial charge in [-0.3, -0.25) is 0 Å². The summed E-state index contributed by atoms with van der Waals surface area (Å²) in [6.07, 6.45) is 1.07. The first-order valence-corrected chi connectivity index (χ1v) is 7.57. The fourth-order valence-electron chi connectivity index (χ4n) is 1.94. The van der Waals surface area contributed by atoms with Crippen LogP contribution in [-0.2, 0) is 11.8 Å². The van der Waals surface area contributed by atoms with E-state index in [1.807, 2.05) is 0 Å². The second kappa shape index (κ2) is 5.43. The van der Waals surface area contributed by atoms with Crippen LogP contribution in [0.3, 0.4) is 0 Å². The Kier molecular flexibility index (Phi) is 4.07. The molecule has 102 valence electrons. The number of hydrogen-bond acceptors (Lipinski definition) is 3. The van der Waals surface area contributed by atoms with Crippen LogP contribution >= 0.6 is 11.3 Å². The largest absolute Gasteiger partial charge is 0.330 e. The maximum absolute atomic E-state index is 5.84. The zero-order chi connectivity index (χ0) is 14.0. The Bertz CT molecular complexity index is 553. The molecular formula is C16H22N2S. The van der Waals surface area contributed by atoms with E-state index in [9.17, 15) is 0 Å². The smallest absolute Gasteiger partial charge is 0.100 e. The Morgan fingerprint density at radius 3 is 2.37 bits per heavy atom. The molecule has 0 radical (unpaired) electrons. The van der Waals surface area contributed by atoms with E-state index in [0.717, 1.165) is 17.1 Å². The lowest BCUT2D eigenvalue weighted by atomic mass is 9.95. The molecule has 1 aromatic heterocycles. The van der Waals surface area contributed by atoms with Crippen LogP contribution in [-0.4, -0.2) is 11.5 Å². The summed E-state index contributed by atoms with van der Waals surface area (Å²) >= 11 is 1.76. The maximum Gasteiger partial charge on any atom is 0.100 e. The van der Waals surface area contributed by atoms with Gasteiger partial charge in [0.05, 0.1) is 5.69 Å². The van der Waals surface area contributed by atoms with Gasteiger partial charge in [0, 0.05) is 22.4 Å². The molecule has 0 spiro atoms. The Labute approximate surface area is 119 Å². The highest BCUT2D eigenvalue weighted by Crippen LogP contribution is 2.33. The van der Waals surface area contributed by atoms with Crippen LogP contribution in [0.1, 0.15) is 36.2 Å². The van der Waals surface area contributed by atoms with Gasteiger partial charge in [0.2, 0.25) is 0 Å². The van der Waals surface area contributed by atoms with Crippen LogP contribution in [0.4, 0.5) is 0 Å². The van der Waals surface area contributed by atoms with E-state index in [-0.39, 0.29) is 5.41 Å². The molecule has 0 aliphatic carbocycles. The summed E-state index contributed by atoms with van der Waals surface area (Å²) in [4.78, 5) is 6.08. The van der Waals surface area contributed by atoms with Gasteiger partial charge in [0.25, 0.3) is 0 Å². The third-order valence-electron chi connectivity index (χ3n) is 3.52. The fourth-order valence-corrected chi connectivity index (χ4v) is 2.99. The molecule has 0 saturated heterocycles. The molecule has 3 heteroatoms. The van der Waals surface area contributed by atoms with Gasteiger partial charge in [0.1, 0.15) is 5.01 Å². The third kappa shape index (κ3) is 2.88. The van der Waals surface area contributed by atoms with Crippen molar-refractivity contribution in [2.75, 3.05) is 6.54 Å². The highest BCUT2D eigenvalue weighted by Gasteiger charge is 2.24. The van der Waals surface area contributed by atoms with Crippen molar-refractivity contribution in [1.29, 1.82) is 0 Å². The van der Waals surface area contributed by atoms with Gasteiger partial charge in [-0.1, -0.05) is 45.0 Å². The summed E-state index contributed by atoms with van der Waals surface area (Å²) in [5, 5.41) is 1.13. The summed E-state index contributed by atoms with van der Waals surface area (Å²) < 4.78 is 0. The molecule has 19 heavy (non-hydrogen) atoms. The fraction of sp³-hybridized carbons (Fsp3) is 0.438. The van der Waals surface area contributed by atoms with Crippen molar-refractivity contribution in [3.8, 4) is 11.3 Å². The molecule has 1 heterocycles. The first-order chi connectivity index (χ1) is 8.97. The minimum absolute atomic E-state index is 0.0446. The van der Waals surface area contributed by atoms with Crippen molar-refractivity contribution in [2.24, 2.45) is 5.73 Å². The molecule has 2 N–H and O–H groups in total. The predicted octanol–water partition coefficient (Wildman–Crippen LogP) is 3.92. The average Bonchev–Trinajstić information content (AvgIpc) is 2.82. The molecule has 0 unspecified atom stereocenters. The molecule has 0 atom stereocenters. The van der Waals surface area contributed by atoms with E-state index >= 15 is 0 Å². The SMILES string of the molecule is CCc1ccc(-c2nc(C(C)(C)CN)sc2C)cc1. The van der Waals surface area contributed by atoms with Crippen LogP contribution < -0.4 is 5.73 Å². The van der Waals surface area contributed by atoms with Crippen molar-refractivity contribution in [1.82, 2.24) is 4.98 Å². The Balaban J connectivity index is 2.40. The van der Waals surface area contributed by atoms with Gasteiger partial charge >= 0.3 is 0 Å². The molecular weight excluding hydrogens is 252 g/mol. The minimum Gasteiger partial charge on any atom is -0.330 e. The quantitative estimate of drug-likeness (QED) is 0.918. The second-order valence-corrected chi connectivity index (χ2v) is 6.77. The standard InChI is InChI=1S/C16H22N2S/c1-5-12-6-8-13(9-7-12)14-11(2)19-15(18-14)16(3,4)10-17/h6-9H,5,10,17H2,1-4H3. The topological polar surface area (TPSA) is 38.9 Å². The second-order valence-electron chi connectivity index (χ2n) is 5.56. The van der Waals surface area contributed by atoms with Crippen LogP contribution in [0, 0.1) is 6.92 Å². The monoisotopic (exact) mass is 274 g/mol. The van der Waals surface area contributed by atoms with E-state index in [1.54, 1.807) is 11.3 Å². The normalized spacial score (nSPS) is 11.8. The van der Waals surface area contributed by atoms with Crippen LogP contribution in [0.15, 0.2) is 24.3 Å². The summed E-state index contributed by atoms with van der Waals surface area (Å²) in [5.74, 6) is 0. The van der Waals surface area contributed by atoms with Gasteiger partial charge in [-0.15, -0.1) is 11.3 Å². The number of nitrogens with zero attached hydrogens (tertiary/aromatic N) is 1. The third-order valence-corrected chi connectivity index (χ3v) is 4.86. The molecule has 2 nitrogen and oxygen atoms in total. The molecule has 1 aromatic carbocycles. The zero-order valence-corrected chi connectivity index (χ0v) is 13.0. The van der Waals surface area contributed by atoms with Crippen LogP contribution in [0.25, 0.3) is 11.3 Å². The predicted molar refractivity (Wildman–Crippen MR) is 83.7 cm³/mol. The molecule has 0 aliphatic heterocycles. The Morgan fingerprint density at radius 2 is 1.84 bits per heavy atom. The lowest BCUT2D eigenvalue weighted by Crippen LogP contribution is -2.27. The number of thiazole rings is 1. The molecule has 0 saturated carbocycles. The number of nitrogens with two attached hydrogens (primary N) is 1. The van der Waals surface area contributed by atoms with Gasteiger partial charge in [-0.05, 0) is 18.9 Å². The number of hydrogen-bond donors (Lipinski definition) is 1. The first kappa shape index (κ1) is 14.2. The molecule has 0 fully saturated rings. The summed E-state index contributed by atoms with van der Waals surface area (Å²) in [5.41, 5.74) is 9.46. The highest BCUT2D eigenvalue weighted by molar-refractivity contribution is 7.12. The van der Waals surface area contributed by atoms with Crippen molar-refractivity contribution < 1.29 is 0 Å². The van der Waals surface area contributed by atoms with E-state index in [4.69, 9.17) is 10.7 Å². The minimum atomic E-state index is -0.0446. The number of benzene rings is 1. The van der Waals surface area contributed by atoms with Crippen molar-refractivity contribution in [3.05, 3.63) is 39.7 Å². The number of rotatable bonds is 4. The Morgan fingerprint density at radius 1 is 1.21 bits per heavy atom. The van der Waals surface area contributed by atoms with Crippen LogP contribution in [0.2, 0.25) is 0 Å². The molecule has 0 aliphatic rings. The van der Waals surface area contributed by atoms with Gasteiger partial charge < -0.3 is 5.73 Å². The highest BCUT2D eigenvalue weighted by atomic mass is 32.1. The van der Waals surface area contributed by atoms with E-state index in [1.165, 1.54) is 16.0 Å². The molecule has 0 bridgehead atoms. The Hall–Kier alpha value is -1.19. The summed E-state index contributed by atoms with van der Waals surface area (Å²) in [6, 6.07) is 8.70. The average molecular weight is 274 g/mol. The van der Waals surface area contributed by atoms with E-state index in [0.29, 0.717) is 6.54 Å². The van der Waals surface area contributed by atoms with Crippen molar-refractivity contribution in [3.63, 3.8) is 0 Å². The summed E-state index contributed by atoms with van der Waals surface area (Å²) in [6.45, 7) is 9.22. The molecule has 0 amide bonds. The summed E-state index contributed by atoms with van der Waals surface area (Å²) in [7, 11) is 0. The van der Waals surface area contributed by atoms with Gasteiger partial charge in [-0.2, -0.15) is 0 Å². The molecule has 2 aromatic rings. The maximum atomic E-state index is 5.84. The van der Waals surface area contributed by atoms with Crippen LogP contribution in [0.5, 0.6) is 0 Å². The first-order valence-electron chi connectivity index (χ1n) is 6.75. The van der Waals surface area contributed by atoms with E-state index < -0.39 is 0 Å². The lowest BCUT2D eigenvalue weighted by Gasteiger charge is -2.18. The van der Waals surface area contributed by atoms with Crippen molar-refractivity contribution >= 4 is 11.3 Å². The number of aryl methyl sites for hydroxylation is 2.